The van der Waals surface area contributed by atoms with Crippen molar-refractivity contribution >= 4 is 29.0 Å². The molecule has 1 atom stereocenters. The zero-order valence-electron chi connectivity index (χ0n) is 18.0. The molecule has 0 spiro atoms. The Kier molecular flexibility index (Phi) is 9.69. The van der Waals surface area contributed by atoms with Crippen molar-refractivity contribution in [1.82, 2.24) is 0 Å². The van der Waals surface area contributed by atoms with Gasteiger partial charge in [0.1, 0.15) is 0 Å². The number of alkyl halides is 3. The average Bonchev–Trinajstić information content (AvgIpc) is 2.71. The van der Waals surface area contributed by atoms with Gasteiger partial charge in [-0.25, -0.2) is 4.79 Å². The molecule has 170 valence electrons. The third-order valence-electron chi connectivity index (χ3n) is 5.27. The summed E-state index contributed by atoms with van der Waals surface area (Å²) in [6, 6.07) is 9.83. The molecule has 0 heterocycles. The Morgan fingerprint density at radius 1 is 1.00 bits per heavy atom. The smallest absolute Gasteiger partial charge is 0.307 e. The molecule has 2 amide bonds. The summed E-state index contributed by atoms with van der Waals surface area (Å²) in [5.41, 5.74) is 0.959. The number of urea groups is 1. The number of nitrogens with one attached hydrogen (secondary N) is 2. The minimum Gasteiger partial charge on any atom is -0.307 e. The lowest BCUT2D eigenvalue weighted by Gasteiger charge is -2.15. The Hall–Kier alpha value is -2.21. The summed E-state index contributed by atoms with van der Waals surface area (Å²) in [6.07, 6.45) is 3.59. The van der Waals surface area contributed by atoms with Crippen molar-refractivity contribution in [3.63, 3.8) is 0 Å². The molecule has 3 nitrogen and oxygen atoms in total. The number of anilines is 2. The molecule has 7 heteroatoms. The number of carbonyl (C=O) groups is 1. The standard InChI is InChI=1S/C24H30ClF3N2O/c1-3-4-5-6-9-17(2)12-13-18-10-7-8-11-21(18)29-23(31)30-22-15-14-19(16-20(22)25)24(26,27)28/h7-8,10-11,14-17H,3-6,9,12-13H2,1-2H3,(H2,29,30,31). The van der Waals surface area contributed by atoms with E-state index in [1.807, 2.05) is 24.3 Å². The highest BCUT2D eigenvalue weighted by atomic mass is 35.5. The second-order valence-corrected chi connectivity index (χ2v) is 8.33. The molecule has 2 rings (SSSR count). The van der Waals surface area contributed by atoms with Crippen LogP contribution in [0.4, 0.5) is 29.3 Å². The molecule has 0 aliphatic rings. The molecule has 1 unspecified atom stereocenters. The van der Waals surface area contributed by atoms with E-state index >= 15 is 0 Å². The number of amides is 2. The van der Waals surface area contributed by atoms with E-state index in [-0.39, 0.29) is 10.7 Å². The average molecular weight is 455 g/mol. The van der Waals surface area contributed by atoms with Crippen molar-refractivity contribution in [1.29, 1.82) is 0 Å². The van der Waals surface area contributed by atoms with Crippen LogP contribution in [0.5, 0.6) is 0 Å². The van der Waals surface area contributed by atoms with Crippen molar-refractivity contribution in [2.24, 2.45) is 5.92 Å². The molecule has 0 saturated heterocycles. The quantitative estimate of drug-likeness (QED) is 0.347. The maximum Gasteiger partial charge on any atom is 0.416 e. The van der Waals surface area contributed by atoms with E-state index in [1.165, 1.54) is 32.1 Å². The number of benzene rings is 2. The molecule has 2 N–H and O–H groups in total. The molecule has 0 bridgehead atoms. The van der Waals surface area contributed by atoms with Gasteiger partial charge in [0.2, 0.25) is 0 Å². The predicted molar refractivity (Wildman–Crippen MR) is 122 cm³/mol. The number of rotatable bonds is 10. The Balaban J connectivity index is 1.94. The molecule has 2 aromatic carbocycles. The molecular weight excluding hydrogens is 425 g/mol. The number of aryl methyl sites for hydroxylation is 1. The zero-order valence-corrected chi connectivity index (χ0v) is 18.7. The maximum absolute atomic E-state index is 12.8. The fourth-order valence-corrected chi connectivity index (χ4v) is 3.62. The van der Waals surface area contributed by atoms with Crippen LogP contribution in [0.3, 0.4) is 0 Å². The van der Waals surface area contributed by atoms with Gasteiger partial charge >= 0.3 is 12.2 Å². The lowest BCUT2D eigenvalue weighted by molar-refractivity contribution is -0.137. The highest BCUT2D eigenvalue weighted by molar-refractivity contribution is 6.33. The predicted octanol–water partition coefficient (Wildman–Crippen LogP) is 8.54. The monoisotopic (exact) mass is 454 g/mol. The summed E-state index contributed by atoms with van der Waals surface area (Å²) >= 11 is 5.92. The largest absolute Gasteiger partial charge is 0.416 e. The van der Waals surface area contributed by atoms with E-state index in [0.717, 1.165) is 36.6 Å². The Bertz CT molecular complexity index is 855. The topological polar surface area (TPSA) is 41.1 Å². The van der Waals surface area contributed by atoms with Gasteiger partial charge in [-0.2, -0.15) is 13.2 Å². The first-order chi connectivity index (χ1) is 14.7. The summed E-state index contributed by atoms with van der Waals surface area (Å²) in [5.74, 6) is 0.602. The molecule has 0 radical (unpaired) electrons. The third-order valence-corrected chi connectivity index (χ3v) is 5.58. The van der Waals surface area contributed by atoms with Gasteiger partial charge in [0.05, 0.1) is 16.3 Å². The van der Waals surface area contributed by atoms with E-state index < -0.39 is 17.8 Å². The van der Waals surface area contributed by atoms with Crippen molar-refractivity contribution < 1.29 is 18.0 Å². The van der Waals surface area contributed by atoms with Crippen LogP contribution < -0.4 is 10.6 Å². The van der Waals surface area contributed by atoms with Gasteiger partial charge in [-0.3, -0.25) is 0 Å². The molecule has 2 aromatic rings. The lowest BCUT2D eigenvalue weighted by Crippen LogP contribution is -2.20. The second kappa shape index (κ2) is 12.0. The number of hydrogen-bond donors (Lipinski definition) is 2. The SMILES string of the molecule is CCCCCCC(C)CCc1ccccc1NC(=O)Nc1ccc(C(F)(F)F)cc1Cl. The van der Waals surface area contributed by atoms with E-state index in [1.54, 1.807) is 0 Å². The molecule has 0 fully saturated rings. The minimum absolute atomic E-state index is 0.116. The van der Waals surface area contributed by atoms with Crippen LogP contribution in [0, 0.1) is 5.92 Å². The summed E-state index contributed by atoms with van der Waals surface area (Å²) in [5, 5.41) is 5.13. The first-order valence-electron chi connectivity index (χ1n) is 10.7. The zero-order chi connectivity index (χ0) is 22.9. The molecule has 31 heavy (non-hydrogen) atoms. The van der Waals surface area contributed by atoms with Gasteiger partial charge in [-0.1, -0.05) is 75.8 Å². The van der Waals surface area contributed by atoms with Gasteiger partial charge < -0.3 is 10.6 Å². The maximum atomic E-state index is 12.8. The lowest BCUT2D eigenvalue weighted by atomic mass is 9.95. The van der Waals surface area contributed by atoms with E-state index in [0.29, 0.717) is 11.6 Å². The second-order valence-electron chi connectivity index (χ2n) is 7.92. The summed E-state index contributed by atoms with van der Waals surface area (Å²) in [6.45, 7) is 4.45. The first kappa shape index (κ1) is 25.1. The minimum atomic E-state index is -4.49. The van der Waals surface area contributed by atoms with Crippen molar-refractivity contribution in [2.75, 3.05) is 10.6 Å². The van der Waals surface area contributed by atoms with Crippen LogP contribution >= 0.6 is 11.6 Å². The number of hydrogen-bond acceptors (Lipinski definition) is 1. The first-order valence-corrected chi connectivity index (χ1v) is 11.1. The van der Waals surface area contributed by atoms with Crippen molar-refractivity contribution in [3.05, 3.63) is 58.6 Å². The third kappa shape index (κ3) is 8.44. The van der Waals surface area contributed by atoms with Gasteiger partial charge in [0.15, 0.2) is 0 Å². The van der Waals surface area contributed by atoms with E-state index in [2.05, 4.69) is 24.5 Å². The van der Waals surface area contributed by atoms with Crippen LogP contribution in [-0.2, 0) is 12.6 Å². The fraction of sp³-hybridized carbons (Fsp3) is 0.458. The highest BCUT2D eigenvalue weighted by Gasteiger charge is 2.31. The number of halogens is 4. The van der Waals surface area contributed by atoms with Crippen LogP contribution in [0.15, 0.2) is 42.5 Å². The van der Waals surface area contributed by atoms with Crippen molar-refractivity contribution in [2.45, 2.75) is 65.0 Å². The van der Waals surface area contributed by atoms with Crippen LogP contribution in [0.25, 0.3) is 0 Å². The van der Waals surface area contributed by atoms with Gasteiger partial charge in [-0.05, 0) is 48.6 Å². The molecular formula is C24H30ClF3N2O. The number of carbonyl (C=O) groups excluding carboxylic acids is 1. The molecule has 0 aliphatic heterocycles. The Labute approximate surface area is 187 Å². The fourth-order valence-electron chi connectivity index (χ4n) is 3.39. The number of para-hydroxylation sites is 1. The van der Waals surface area contributed by atoms with E-state index in [4.69, 9.17) is 11.6 Å². The summed E-state index contributed by atoms with van der Waals surface area (Å²) in [4.78, 5) is 12.4. The Morgan fingerprint density at radius 3 is 2.39 bits per heavy atom. The van der Waals surface area contributed by atoms with Crippen LogP contribution in [-0.4, -0.2) is 6.03 Å². The highest BCUT2D eigenvalue weighted by Crippen LogP contribution is 2.33. The van der Waals surface area contributed by atoms with Gasteiger partial charge in [-0.15, -0.1) is 0 Å². The van der Waals surface area contributed by atoms with E-state index in [9.17, 15) is 18.0 Å². The van der Waals surface area contributed by atoms with Gasteiger partial charge in [0.25, 0.3) is 0 Å². The Morgan fingerprint density at radius 2 is 1.71 bits per heavy atom. The normalized spacial score (nSPS) is 12.5. The summed E-state index contributed by atoms with van der Waals surface area (Å²) < 4.78 is 38.3. The van der Waals surface area contributed by atoms with Crippen molar-refractivity contribution in [3.8, 4) is 0 Å². The summed E-state index contributed by atoms with van der Waals surface area (Å²) in [7, 11) is 0. The molecule has 0 aromatic heterocycles. The molecule has 0 saturated carbocycles. The number of unbranched alkanes of at least 4 members (excludes halogenated alkanes) is 3. The molecule has 0 aliphatic carbocycles. The van der Waals surface area contributed by atoms with Crippen LogP contribution in [0.2, 0.25) is 5.02 Å². The van der Waals surface area contributed by atoms with Gasteiger partial charge in [0, 0.05) is 5.69 Å². The van der Waals surface area contributed by atoms with Crippen LogP contribution in [0.1, 0.15) is 63.5 Å².